The molecule has 0 unspecified atom stereocenters. The number of aryl methyl sites for hydroxylation is 3. The van der Waals surface area contributed by atoms with Crippen molar-refractivity contribution < 1.29 is 32.2 Å². The highest BCUT2D eigenvalue weighted by molar-refractivity contribution is 7.90. The molecule has 0 bridgehead atoms. The van der Waals surface area contributed by atoms with Gasteiger partial charge in [-0.1, -0.05) is 35.9 Å². The first-order valence-electron chi connectivity index (χ1n) is 15.0. The molecule has 45 heavy (non-hydrogen) atoms. The molecule has 0 N–H and O–H groups in total. The fourth-order valence-corrected chi connectivity index (χ4v) is 7.27. The number of benzene rings is 3. The predicted molar refractivity (Wildman–Crippen MR) is 173 cm³/mol. The van der Waals surface area contributed by atoms with Gasteiger partial charge in [-0.2, -0.15) is 0 Å². The van der Waals surface area contributed by atoms with Gasteiger partial charge in [-0.3, -0.25) is 0 Å². The number of piperidine rings is 1. The Morgan fingerprint density at radius 2 is 1.58 bits per heavy atom. The Hall–Kier alpha value is -4.31. The first-order valence-corrected chi connectivity index (χ1v) is 16.4. The van der Waals surface area contributed by atoms with Gasteiger partial charge in [-0.25, -0.2) is 22.0 Å². The van der Waals surface area contributed by atoms with Crippen molar-refractivity contribution in [1.82, 2.24) is 8.87 Å². The lowest BCUT2D eigenvalue weighted by molar-refractivity contribution is 0.00778. The summed E-state index contributed by atoms with van der Waals surface area (Å²) in [4.78, 5) is 27.1. The molecule has 0 saturated carbocycles. The molecule has 1 aliphatic rings. The van der Waals surface area contributed by atoms with Crippen molar-refractivity contribution in [1.29, 1.82) is 0 Å². The molecule has 0 radical (unpaired) electrons. The Balaban J connectivity index is 1.53. The lowest BCUT2D eigenvalue weighted by Crippen LogP contribution is -2.48. The van der Waals surface area contributed by atoms with E-state index in [1.807, 2.05) is 59.7 Å². The van der Waals surface area contributed by atoms with Crippen LogP contribution in [0.4, 0.5) is 4.79 Å². The highest BCUT2D eigenvalue weighted by atomic mass is 32.2. The molecule has 1 fully saturated rings. The number of methoxy groups -OCH3 is 1. The van der Waals surface area contributed by atoms with E-state index in [0.29, 0.717) is 41.7 Å². The number of rotatable bonds is 6. The SMILES string of the molecule is COC(=O)c1ccc([C@@H]2CN(C(=O)OC(C)(C)C)CC[C@@H]2Oc2c(C)cc(C)c3c2ccn3S(=O)(=O)c2ccc(C)cc2)cc1. The van der Waals surface area contributed by atoms with Gasteiger partial charge in [-0.05, 0) is 88.6 Å². The van der Waals surface area contributed by atoms with Crippen LogP contribution in [0.2, 0.25) is 0 Å². The topological polar surface area (TPSA) is 104 Å². The zero-order valence-electron chi connectivity index (χ0n) is 26.8. The Morgan fingerprint density at radius 1 is 0.911 bits per heavy atom. The molecule has 3 aromatic carbocycles. The standard InChI is InChI=1S/C35H40N2O7S/c1-22-8-14-27(15-9-22)45(40,41)37-19-16-28-31(37)23(2)20-24(3)32(28)43-30-17-18-36(34(39)44-35(4,5)6)21-29(30)25-10-12-26(13-11-25)33(38)42-7/h8-16,19-20,29-30H,17-18,21H2,1-7H3/t29-,30-/m0/s1. The van der Waals surface area contributed by atoms with Crippen molar-refractivity contribution in [2.24, 2.45) is 0 Å². The van der Waals surface area contributed by atoms with Gasteiger partial charge < -0.3 is 19.1 Å². The van der Waals surface area contributed by atoms with Gasteiger partial charge in [0.25, 0.3) is 10.0 Å². The zero-order chi connectivity index (χ0) is 32.7. The number of amides is 1. The minimum Gasteiger partial charge on any atom is -0.489 e. The maximum absolute atomic E-state index is 13.7. The summed E-state index contributed by atoms with van der Waals surface area (Å²) in [6.07, 6.45) is 1.34. The summed E-state index contributed by atoms with van der Waals surface area (Å²) in [6.45, 7) is 12.0. The second-order valence-electron chi connectivity index (χ2n) is 12.6. The molecular weight excluding hydrogens is 592 g/mol. The van der Waals surface area contributed by atoms with Crippen LogP contribution in [-0.2, 0) is 19.5 Å². The summed E-state index contributed by atoms with van der Waals surface area (Å²) >= 11 is 0. The third-order valence-electron chi connectivity index (χ3n) is 8.07. The average molecular weight is 633 g/mol. The van der Waals surface area contributed by atoms with Crippen molar-refractivity contribution in [2.75, 3.05) is 20.2 Å². The first-order chi connectivity index (χ1) is 21.2. The van der Waals surface area contributed by atoms with Crippen molar-refractivity contribution in [2.45, 2.75) is 70.5 Å². The van der Waals surface area contributed by atoms with Gasteiger partial charge in [0, 0.05) is 37.0 Å². The van der Waals surface area contributed by atoms with E-state index in [4.69, 9.17) is 14.2 Å². The highest BCUT2D eigenvalue weighted by Crippen LogP contribution is 2.39. The van der Waals surface area contributed by atoms with E-state index in [1.165, 1.54) is 11.1 Å². The molecule has 0 spiro atoms. The van der Waals surface area contributed by atoms with Crippen LogP contribution in [0.5, 0.6) is 5.75 Å². The number of hydrogen-bond acceptors (Lipinski definition) is 7. The summed E-state index contributed by atoms with van der Waals surface area (Å²) in [5, 5.41) is 0.692. The summed E-state index contributed by atoms with van der Waals surface area (Å²) in [6, 6.07) is 17.6. The normalized spacial score (nSPS) is 17.3. The number of carbonyl (C=O) groups excluding carboxylic acids is 2. The van der Waals surface area contributed by atoms with E-state index >= 15 is 0 Å². The van der Waals surface area contributed by atoms with Crippen molar-refractivity contribution in [3.05, 3.63) is 94.7 Å². The van der Waals surface area contributed by atoms with E-state index in [9.17, 15) is 18.0 Å². The number of carbonyl (C=O) groups is 2. The molecule has 238 valence electrons. The van der Waals surface area contributed by atoms with Crippen LogP contribution >= 0.6 is 0 Å². The second-order valence-corrected chi connectivity index (χ2v) is 14.4. The van der Waals surface area contributed by atoms with Crippen LogP contribution < -0.4 is 4.74 Å². The Morgan fingerprint density at radius 3 is 2.20 bits per heavy atom. The van der Waals surface area contributed by atoms with E-state index in [2.05, 4.69) is 0 Å². The summed E-state index contributed by atoms with van der Waals surface area (Å²) in [7, 11) is -2.52. The van der Waals surface area contributed by atoms with Crippen molar-refractivity contribution in [3.8, 4) is 5.75 Å². The smallest absolute Gasteiger partial charge is 0.410 e. The fraction of sp³-hybridized carbons (Fsp3) is 0.371. The minimum absolute atomic E-state index is 0.207. The highest BCUT2D eigenvalue weighted by Gasteiger charge is 2.37. The average Bonchev–Trinajstić information content (AvgIpc) is 3.45. The van der Waals surface area contributed by atoms with Crippen LogP contribution in [0.3, 0.4) is 0 Å². The Labute approximate surface area is 264 Å². The minimum atomic E-state index is -3.86. The molecule has 1 amide bonds. The first kappa shape index (κ1) is 32.1. The molecular formula is C35H40N2O7S. The maximum Gasteiger partial charge on any atom is 0.410 e. The lowest BCUT2D eigenvalue weighted by atomic mass is 9.87. The zero-order valence-corrected chi connectivity index (χ0v) is 27.6. The van der Waals surface area contributed by atoms with Crippen LogP contribution in [0.1, 0.15) is 65.7 Å². The van der Waals surface area contributed by atoms with Crippen LogP contribution in [0, 0.1) is 20.8 Å². The second kappa shape index (κ2) is 12.2. The molecule has 2 heterocycles. The largest absolute Gasteiger partial charge is 0.489 e. The number of fused-ring (bicyclic) bond motifs is 1. The number of nitrogens with zero attached hydrogens (tertiary/aromatic N) is 2. The van der Waals surface area contributed by atoms with Crippen LogP contribution in [0.25, 0.3) is 10.9 Å². The van der Waals surface area contributed by atoms with Crippen molar-refractivity contribution >= 4 is 33.0 Å². The Kier molecular flexibility index (Phi) is 8.72. The van der Waals surface area contributed by atoms with Crippen LogP contribution in [0.15, 0.2) is 71.8 Å². The van der Waals surface area contributed by atoms with Crippen LogP contribution in [-0.4, -0.2) is 61.3 Å². The maximum atomic E-state index is 13.7. The van der Waals surface area contributed by atoms with E-state index in [-0.39, 0.29) is 16.9 Å². The molecule has 0 aliphatic carbocycles. The fourth-order valence-electron chi connectivity index (χ4n) is 5.86. The molecule has 1 saturated heterocycles. The number of hydrogen-bond donors (Lipinski definition) is 0. The van der Waals surface area contributed by atoms with Gasteiger partial charge in [-0.15, -0.1) is 0 Å². The number of aromatic nitrogens is 1. The van der Waals surface area contributed by atoms with E-state index in [0.717, 1.165) is 22.3 Å². The van der Waals surface area contributed by atoms with Crippen molar-refractivity contribution in [3.63, 3.8) is 0 Å². The number of ether oxygens (including phenoxy) is 3. The summed E-state index contributed by atoms with van der Waals surface area (Å²) in [5.74, 6) is -0.0939. The van der Waals surface area contributed by atoms with Gasteiger partial charge >= 0.3 is 12.1 Å². The molecule has 5 rings (SSSR count). The van der Waals surface area contributed by atoms with Gasteiger partial charge in [0.2, 0.25) is 0 Å². The molecule has 1 aromatic heterocycles. The van der Waals surface area contributed by atoms with Gasteiger partial charge in [0.15, 0.2) is 0 Å². The van der Waals surface area contributed by atoms with E-state index in [1.54, 1.807) is 53.6 Å². The molecule has 10 heteroatoms. The van der Waals surface area contributed by atoms with Gasteiger partial charge in [0.05, 0.1) is 23.1 Å². The summed E-state index contributed by atoms with van der Waals surface area (Å²) in [5.41, 5.74) is 3.89. The third-order valence-corrected chi connectivity index (χ3v) is 9.76. The molecule has 4 aromatic rings. The number of likely N-dealkylation sites (tertiary alicyclic amines) is 1. The molecule has 9 nitrogen and oxygen atoms in total. The van der Waals surface area contributed by atoms with Gasteiger partial charge in [0.1, 0.15) is 17.5 Å². The molecule has 2 atom stereocenters. The summed E-state index contributed by atoms with van der Waals surface area (Å²) < 4.78 is 46.1. The molecule has 1 aliphatic heterocycles. The quantitative estimate of drug-likeness (QED) is 0.216. The Bertz CT molecular complexity index is 1840. The van der Waals surface area contributed by atoms with E-state index < -0.39 is 27.7 Å². The predicted octanol–water partition coefficient (Wildman–Crippen LogP) is 6.76. The monoisotopic (exact) mass is 632 g/mol. The number of esters is 1. The third kappa shape index (κ3) is 6.56. The lowest BCUT2D eigenvalue weighted by Gasteiger charge is -2.39.